The number of phenols is 1. The number of hydrogen-bond acceptors (Lipinski definition) is 12. The van der Waals surface area contributed by atoms with Gasteiger partial charge in [-0.15, -0.1) is 0 Å². The zero-order chi connectivity index (χ0) is 46.0. The number of hydrogen-bond donors (Lipinski definition) is 8. The van der Waals surface area contributed by atoms with Gasteiger partial charge in [0.15, 0.2) is 0 Å². The normalized spacial score (nSPS) is 14.2. The van der Waals surface area contributed by atoms with Gasteiger partial charge in [0, 0.05) is 6.42 Å². The van der Waals surface area contributed by atoms with Crippen LogP contribution in [0.3, 0.4) is 0 Å². The lowest BCUT2D eigenvalue weighted by molar-refractivity contribution is -0.156. The number of carbonyl (C=O) groups is 8. The van der Waals surface area contributed by atoms with E-state index < -0.39 is 114 Å². The van der Waals surface area contributed by atoms with Gasteiger partial charge in [0.2, 0.25) is 35.4 Å². The van der Waals surface area contributed by atoms with Crippen molar-refractivity contribution in [3.8, 4) is 5.75 Å². The van der Waals surface area contributed by atoms with Crippen LogP contribution in [0.15, 0.2) is 54.6 Å². The van der Waals surface area contributed by atoms with Gasteiger partial charge in [-0.1, -0.05) is 70.2 Å². The number of carbonyl (C=O) groups excluding carboxylic acids is 8. The highest BCUT2D eigenvalue weighted by atomic mass is 16.6. The molecule has 0 fully saturated rings. The van der Waals surface area contributed by atoms with E-state index in [9.17, 15) is 43.5 Å². The van der Waals surface area contributed by atoms with E-state index in [1.165, 1.54) is 19.1 Å². The Morgan fingerprint density at radius 2 is 1.15 bits per heavy atom. The van der Waals surface area contributed by atoms with Crippen molar-refractivity contribution in [2.75, 3.05) is 13.2 Å². The van der Waals surface area contributed by atoms with E-state index in [2.05, 4.69) is 31.9 Å². The van der Waals surface area contributed by atoms with E-state index >= 15 is 0 Å². The highest BCUT2D eigenvalue weighted by molar-refractivity contribution is 5.98. The molecule has 0 heterocycles. The van der Waals surface area contributed by atoms with Crippen molar-refractivity contribution < 1.29 is 52.9 Å². The number of aromatic hydroxyl groups is 1. The molecule has 336 valence electrons. The minimum atomic E-state index is -1.62. The Morgan fingerprint density at radius 1 is 0.623 bits per heavy atom. The molecule has 2 rings (SSSR count). The number of phenolic OH excluding ortho intramolecular Hbond substituents is 1. The van der Waals surface area contributed by atoms with Crippen molar-refractivity contribution in [2.45, 2.75) is 123 Å². The molecule has 2 aromatic carbocycles. The molecule has 0 unspecified atom stereocenters. The summed E-state index contributed by atoms with van der Waals surface area (Å²) >= 11 is 0. The molecule has 18 heteroatoms. The molecule has 9 N–H and O–H groups in total. The summed E-state index contributed by atoms with van der Waals surface area (Å²) in [4.78, 5) is 106. The zero-order valence-electron chi connectivity index (χ0n) is 36.5. The molecule has 0 saturated carbocycles. The fourth-order valence-electron chi connectivity index (χ4n) is 5.80. The van der Waals surface area contributed by atoms with Crippen molar-refractivity contribution in [3.63, 3.8) is 0 Å². The topological polar surface area (TPSA) is 273 Å². The first-order valence-electron chi connectivity index (χ1n) is 20.3. The molecule has 2 aromatic rings. The quantitative estimate of drug-likeness (QED) is 0.0760. The highest BCUT2D eigenvalue weighted by Gasteiger charge is 2.36. The van der Waals surface area contributed by atoms with E-state index in [1.807, 2.05) is 0 Å². The third-order valence-electron chi connectivity index (χ3n) is 9.03. The molecule has 61 heavy (non-hydrogen) atoms. The standard InChI is InChI=1S/C43H63N7O11/c1-10-60-34(53)23-45-41(58)35(24(2)3)50-42(59)36(25(4)5)49-40(57)32(22-33(52)61-43(7,8)9)48-39(56)31(21-27-14-12-11-13-15-27)47-37(54)26(6)46-38(55)30(44)20-28-16-18-29(51)19-17-28/h11-19,24-26,30-32,35-36,51H,10,20-23,44H2,1-9H3,(H,45,58)(H,46,55)(H,47,54)(H,48,56)(H,49,57)(H,50,59)/t26-,30+,31+,32+,35+,36+/m1/s1. The highest BCUT2D eigenvalue weighted by Crippen LogP contribution is 2.14. The van der Waals surface area contributed by atoms with Crippen LogP contribution >= 0.6 is 0 Å². The number of benzene rings is 2. The van der Waals surface area contributed by atoms with E-state index in [0.29, 0.717) is 11.1 Å². The minimum absolute atomic E-state index is 0.0497. The molecule has 0 aliphatic carbocycles. The van der Waals surface area contributed by atoms with Crippen molar-refractivity contribution in [1.82, 2.24) is 31.9 Å². The third-order valence-corrected chi connectivity index (χ3v) is 9.03. The molecule has 0 spiro atoms. The van der Waals surface area contributed by atoms with E-state index in [1.54, 1.807) is 97.9 Å². The predicted octanol–water partition coefficient (Wildman–Crippen LogP) is 0.672. The Morgan fingerprint density at radius 3 is 1.70 bits per heavy atom. The Hall–Kier alpha value is -6.04. The largest absolute Gasteiger partial charge is 0.508 e. The monoisotopic (exact) mass is 853 g/mol. The van der Waals surface area contributed by atoms with Gasteiger partial charge in [-0.3, -0.25) is 38.4 Å². The summed E-state index contributed by atoms with van der Waals surface area (Å²) in [5.41, 5.74) is 6.45. The van der Waals surface area contributed by atoms with Crippen LogP contribution in [0.5, 0.6) is 5.75 Å². The fourth-order valence-corrected chi connectivity index (χ4v) is 5.80. The molecule has 0 bridgehead atoms. The van der Waals surface area contributed by atoms with Gasteiger partial charge in [-0.05, 0) is 76.1 Å². The lowest BCUT2D eigenvalue weighted by Gasteiger charge is -2.29. The summed E-state index contributed by atoms with van der Waals surface area (Å²) in [6.07, 6.45) is -0.611. The second-order valence-corrected chi connectivity index (χ2v) is 16.3. The van der Waals surface area contributed by atoms with Gasteiger partial charge in [0.05, 0.1) is 19.1 Å². The van der Waals surface area contributed by atoms with Gasteiger partial charge < -0.3 is 52.2 Å². The number of nitrogens with one attached hydrogen (secondary N) is 6. The molecule has 6 amide bonds. The van der Waals surface area contributed by atoms with Gasteiger partial charge >= 0.3 is 11.9 Å². The number of nitrogens with two attached hydrogens (primary N) is 1. The Labute approximate surface area is 357 Å². The third kappa shape index (κ3) is 18.4. The number of ether oxygens (including phenoxy) is 2. The summed E-state index contributed by atoms with van der Waals surface area (Å²) in [6.45, 7) is 14.2. The summed E-state index contributed by atoms with van der Waals surface area (Å²) in [5.74, 6) is -7.06. The summed E-state index contributed by atoms with van der Waals surface area (Å²) in [5, 5.41) is 25.0. The van der Waals surface area contributed by atoms with Gasteiger partial charge in [0.25, 0.3) is 0 Å². The second-order valence-electron chi connectivity index (χ2n) is 16.3. The van der Waals surface area contributed by atoms with E-state index in [-0.39, 0.29) is 25.2 Å². The summed E-state index contributed by atoms with van der Waals surface area (Å²) in [7, 11) is 0. The van der Waals surface area contributed by atoms with Crippen LogP contribution in [0, 0.1) is 11.8 Å². The maximum atomic E-state index is 14.1. The molecule has 0 saturated heterocycles. The lowest BCUT2D eigenvalue weighted by atomic mass is 9.99. The first kappa shape index (κ1) is 51.1. The molecule has 18 nitrogen and oxygen atoms in total. The van der Waals surface area contributed by atoms with Crippen LogP contribution < -0.4 is 37.6 Å². The lowest BCUT2D eigenvalue weighted by Crippen LogP contribution is -2.61. The molecular formula is C43H63N7O11. The molecule has 0 aliphatic heterocycles. The Bertz CT molecular complexity index is 1810. The Balaban J connectivity index is 2.34. The zero-order valence-corrected chi connectivity index (χ0v) is 36.5. The molecule has 0 radical (unpaired) electrons. The van der Waals surface area contributed by atoms with Gasteiger partial charge in [0.1, 0.15) is 48.1 Å². The van der Waals surface area contributed by atoms with Gasteiger partial charge in [-0.2, -0.15) is 0 Å². The van der Waals surface area contributed by atoms with Crippen molar-refractivity contribution >= 4 is 47.4 Å². The van der Waals surface area contributed by atoms with Crippen LogP contribution in [0.25, 0.3) is 0 Å². The fraction of sp³-hybridized carbons (Fsp3) is 0.535. The SMILES string of the molecule is CCOC(=O)CNC(=O)[C@@H](NC(=O)[C@@H](NC(=O)[C@H](CC(=O)OC(C)(C)C)NC(=O)[C@H](Cc1ccccc1)NC(=O)[C@@H](C)NC(=O)[C@@H](N)Cc1ccc(O)cc1)C(C)C)C(C)C. The van der Waals surface area contributed by atoms with Crippen molar-refractivity contribution in [2.24, 2.45) is 17.6 Å². The minimum Gasteiger partial charge on any atom is -0.508 e. The van der Waals surface area contributed by atoms with Crippen LogP contribution in [0.2, 0.25) is 0 Å². The summed E-state index contributed by atoms with van der Waals surface area (Å²) < 4.78 is 10.3. The number of rotatable bonds is 22. The molecule has 6 atom stereocenters. The van der Waals surface area contributed by atoms with Crippen LogP contribution in [-0.2, 0) is 60.7 Å². The smallest absolute Gasteiger partial charge is 0.325 e. The predicted molar refractivity (Wildman–Crippen MR) is 225 cm³/mol. The number of esters is 2. The van der Waals surface area contributed by atoms with E-state index in [4.69, 9.17) is 15.2 Å². The average Bonchev–Trinajstić information content (AvgIpc) is 3.17. The van der Waals surface area contributed by atoms with Gasteiger partial charge in [-0.25, -0.2) is 0 Å². The Kier molecular flexibility index (Phi) is 20.3. The van der Waals surface area contributed by atoms with Crippen molar-refractivity contribution in [1.29, 1.82) is 0 Å². The van der Waals surface area contributed by atoms with Crippen LogP contribution in [0.4, 0.5) is 0 Å². The second kappa shape index (κ2) is 24.3. The average molecular weight is 854 g/mol. The van der Waals surface area contributed by atoms with E-state index in [0.717, 1.165) is 0 Å². The van der Waals surface area contributed by atoms with Crippen molar-refractivity contribution in [3.05, 3.63) is 65.7 Å². The van der Waals surface area contributed by atoms with Crippen LogP contribution in [0.1, 0.15) is 79.9 Å². The maximum Gasteiger partial charge on any atom is 0.325 e. The molecular weight excluding hydrogens is 791 g/mol. The first-order chi connectivity index (χ1) is 28.5. The van der Waals surface area contributed by atoms with Crippen LogP contribution in [-0.4, -0.2) is 107 Å². The summed E-state index contributed by atoms with van der Waals surface area (Å²) in [6, 6.07) is 7.26. The first-order valence-corrected chi connectivity index (χ1v) is 20.3. The maximum absolute atomic E-state index is 14.1. The molecule has 0 aliphatic rings. The molecule has 0 aromatic heterocycles. The number of amides is 6.